The van der Waals surface area contributed by atoms with Gasteiger partial charge in [-0.1, -0.05) is 52.3 Å². The van der Waals surface area contributed by atoms with Crippen LogP contribution in [0.3, 0.4) is 0 Å². The Morgan fingerprint density at radius 2 is 1.85 bits per heavy atom. The topological polar surface area (TPSA) is 24.4 Å². The van der Waals surface area contributed by atoms with Gasteiger partial charge >= 0.3 is 0 Å². The van der Waals surface area contributed by atoms with Crippen molar-refractivity contribution in [2.24, 2.45) is 10.9 Å². The molecule has 0 aliphatic carbocycles. The summed E-state index contributed by atoms with van der Waals surface area (Å²) in [7, 11) is 1.87. The fourth-order valence-corrected chi connectivity index (χ4v) is 2.02. The van der Waals surface area contributed by atoms with Gasteiger partial charge in [0, 0.05) is 24.1 Å². The van der Waals surface area contributed by atoms with Crippen molar-refractivity contribution in [2.45, 2.75) is 47.5 Å². The Bertz CT molecular complexity index is 405. The van der Waals surface area contributed by atoms with Crippen LogP contribution < -0.4 is 5.32 Å². The van der Waals surface area contributed by atoms with Crippen LogP contribution in [0.5, 0.6) is 0 Å². The molecule has 1 unspecified atom stereocenters. The molecule has 2 nitrogen and oxygen atoms in total. The average Bonchev–Trinajstić information content (AvgIpc) is 2.48. The lowest BCUT2D eigenvalue weighted by molar-refractivity contribution is 0.667. The molecule has 1 N–H and O–H groups in total. The van der Waals surface area contributed by atoms with Gasteiger partial charge in [-0.15, -0.1) is 0 Å². The number of aliphatic imine (C=N–C) groups is 1. The summed E-state index contributed by atoms with van der Waals surface area (Å²) in [5, 5.41) is 3.38. The van der Waals surface area contributed by atoms with E-state index in [1.807, 2.05) is 39.1 Å². The number of nitrogens with one attached hydrogen (secondary N) is 1. The minimum atomic E-state index is 0.521. The molecule has 1 aromatic carbocycles. The summed E-state index contributed by atoms with van der Waals surface area (Å²) in [6, 6.07) is 10.2. The number of rotatable bonds is 6. The molecule has 0 aliphatic heterocycles. The van der Waals surface area contributed by atoms with Crippen molar-refractivity contribution in [3.05, 3.63) is 42.1 Å². The number of hydrogen-bond donors (Lipinski definition) is 1. The Balaban J connectivity index is 0.00000172. The molecule has 1 rings (SSSR count). The summed E-state index contributed by atoms with van der Waals surface area (Å²) < 4.78 is 0. The summed E-state index contributed by atoms with van der Waals surface area (Å²) in [5.41, 5.74) is 3.41. The largest absolute Gasteiger partial charge is 0.359 e. The lowest BCUT2D eigenvalue weighted by Crippen LogP contribution is -2.10. The molecule has 112 valence electrons. The van der Waals surface area contributed by atoms with Gasteiger partial charge in [-0.3, -0.25) is 4.99 Å². The van der Waals surface area contributed by atoms with Crippen LogP contribution in [-0.2, 0) is 0 Å². The lowest BCUT2D eigenvalue weighted by Gasteiger charge is -2.12. The predicted octanol–water partition coefficient (Wildman–Crippen LogP) is 5.54. The first-order valence-corrected chi connectivity index (χ1v) is 7.64. The van der Waals surface area contributed by atoms with Crippen LogP contribution in [0.2, 0.25) is 0 Å². The number of allylic oxidation sites excluding steroid dienone is 2. The zero-order chi connectivity index (χ0) is 15.4. The molecule has 1 atom stereocenters. The maximum absolute atomic E-state index is 4.39. The third-order valence-corrected chi connectivity index (χ3v) is 2.96. The molecule has 2 heteroatoms. The Morgan fingerprint density at radius 3 is 2.35 bits per heavy atom. The smallest absolute Gasteiger partial charge is 0.0390 e. The van der Waals surface area contributed by atoms with E-state index in [0.29, 0.717) is 5.92 Å². The van der Waals surface area contributed by atoms with Crippen LogP contribution in [0, 0.1) is 5.92 Å². The minimum absolute atomic E-state index is 0.521. The molecule has 0 heterocycles. The molecule has 0 spiro atoms. The molecule has 20 heavy (non-hydrogen) atoms. The van der Waals surface area contributed by atoms with E-state index in [1.54, 1.807) is 0 Å². The van der Waals surface area contributed by atoms with Crippen molar-refractivity contribution in [2.75, 3.05) is 12.4 Å². The molecule has 0 saturated heterocycles. The molecule has 0 fully saturated rings. The fraction of sp³-hybridized carbons (Fsp3) is 0.500. The van der Waals surface area contributed by atoms with Crippen LogP contribution in [0.15, 0.2) is 47.1 Å². The third kappa shape index (κ3) is 7.13. The maximum atomic E-state index is 4.39. The SMILES string of the molecule is CC.CCCC(C)C(/C=C(\C)Nc1ccccc1)=NC. The van der Waals surface area contributed by atoms with E-state index in [9.17, 15) is 0 Å². The first-order chi connectivity index (χ1) is 9.67. The first-order valence-electron chi connectivity index (χ1n) is 7.64. The van der Waals surface area contributed by atoms with E-state index >= 15 is 0 Å². The van der Waals surface area contributed by atoms with Crippen molar-refractivity contribution >= 4 is 11.4 Å². The first kappa shape index (κ1) is 18.4. The highest BCUT2D eigenvalue weighted by Crippen LogP contribution is 2.12. The molecule has 0 bridgehead atoms. The number of anilines is 1. The van der Waals surface area contributed by atoms with E-state index in [1.165, 1.54) is 12.8 Å². The molecule has 0 aliphatic rings. The number of hydrogen-bond acceptors (Lipinski definition) is 2. The second-order valence-electron chi connectivity index (χ2n) is 4.66. The van der Waals surface area contributed by atoms with Gasteiger partial charge in [0.25, 0.3) is 0 Å². The highest BCUT2D eigenvalue weighted by Gasteiger charge is 2.06. The molecule has 0 radical (unpaired) electrons. The normalized spacial score (nSPS) is 13.3. The molecule has 1 aromatic rings. The van der Waals surface area contributed by atoms with Gasteiger partial charge in [0.2, 0.25) is 0 Å². The highest BCUT2D eigenvalue weighted by molar-refractivity contribution is 5.97. The Labute approximate surface area is 125 Å². The van der Waals surface area contributed by atoms with Crippen LogP contribution in [-0.4, -0.2) is 12.8 Å². The van der Waals surface area contributed by atoms with E-state index in [-0.39, 0.29) is 0 Å². The Kier molecular flexibility index (Phi) is 10.4. The standard InChI is InChI=1S/C16H24N2.C2H6/c1-5-9-13(2)16(17-4)12-14(3)18-15-10-7-6-8-11-15;1-2/h6-8,10-13,18H,5,9H2,1-4H3;1-2H3/b14-12+,17-16?;. The zero-order valence-corrected chi connectivity index (χ0v) is 13.9. The van der Waals surface area contributed by atoms with Crippen LogP contribution >= 0.6 is 0 Å². The second kappa shape index (κ2) is 11.3. The Morgan fingerprint density at radius 1 is 1.25 bits per heavy atom. The van der Waals surface area contributed by atoms with Gasteiger partial charge in [0.1, 0.15) is 0 Å². The summed E-state index contributed by atoms with van der Waals surface area (Å²) >= 11 is 0. The second-order valence-corrected chi connectivity index (χ2v) is 4.66. The van der Waals surface area contributed by atoms with Gasteiger partial charge in [-0.05, 0) is 37.5 Å². The van der Waals surface area contributed by atoms with E-state index in [2.05, 4.69) is 49.3 Å². The number of nitrogens with zero attached hydrogens (tertiary/aromatic N) is 1. The van der Waals surface area contributed by atoms with Crippen LogP contribution in [0.1, 0.15) is 47.5 Å². The molecular weight excluding hydrogens is 244 g/mol. The summed E-state index contributed by atoms with van der Waals surface area (Å²) in [6.07, 6.45) is 4.52. The van der Waals surface area contributed by atoms with Gasteiger partial charge in [0.15, 0.2) is 0 Å². The average molecular weight is 274 g/mol. The van der Waals surface area contributed by atoms with Crippen molar-refractivity contribution in [1.82, 2.24) is 0 Å². The van der Waals surface area contributed by atoms with Gasteiger partial charge in [-0.25, -0.2) is 0 Å². The summed E-state index contributed by atoms with van der Waals surface area (Å²) in [4.78, 5) is 4.39. The van der Waals surface area contributed by atoms with Gasteiger partial charge in [0.05, 0.1) is 0 Å². The lowest BCUT2D eigenvalue weighted by atomic mass is 9.99. The van der Waals surface area contributed by atoms with E-state index in [0.717, 1.165) is 17.1 Å². The third-order valence-electron chi connectivity index (χ3n) is 2.96. The quantitative estimate of drug-likeness (QED) is 0.677. The number of benzene rings is 1. The van der Waals surface area contributed by atoms with Gasteiger partial charge in [-0.2, -0.15) is 0 Å². The zero-order valence-electron chi connectivity index (χ0n) is 13.9. The van der Waals surface area contributed by atoms with E-state index in [4.69, 9.17) is 0 Å². The van der Waals surface area contributed by atoms with Crippen LogP contribution in [0.25, 0.3) is 0 Å². The van der Waals surface area contributed by atoms with E-state index < -0.39 is 0 Å². The predicted molar refractivity (Wildman–Crippen MR) is 92.6 cm³/mol. The fourth-order valence-electron chi connectivity index (χ4n) is 2.02. The van der Waals surface area contributed by atoms with Gasteiger partial charge < -0.3 is 5.32 Å². The molecule has 0 amide bonds. The highest BCUT2D eigenvalue weighted by atomic mass is 14.9. The molecular formula is C18H30N2. The van der Waals surface area contributed by atoms with Crippen molar-refractivity contribution < 1.29 is 0 Å². The molecule has 0 aromatic heterocycles. The summed E-state index contributed by atoms with van der Waals surface area (Å²) in [5.74, 6) is 0.521. The van der Waals surface area contributed by atoms with Crippen molar-refractivity contribution in [3.8, 4) is 0 Å². The van der Waals surface area contributed by atoms with Crippen LogP contribution in [0.4, 0.5) is 5.69 Å². The number of para-hydroxylation sites is 1. The monoisotopic (exact) mass is 274 g/mol. The molecule has 0 saturated carbocycles. The van der Waals surface area contributed by atoms with Crippen molar-refractivity contribution in [1.29, 1.82) is 0 Å². The summed E-state index contributed by atoms with van der Waals surface area (Å²) in [6.45, 7) is 10.5. The minimum Gasteiger partial charge on any atom is -0.359 e. The maximum Gasteiger partial charge on any atom is 0.0390 e. The Hall–Kier alpha value is -1.57. The van der Waals surface area contributed by atoms with Crippen molar-refractivity contribution in [3.63, 3.8) is 0 Å².